The fraction of sp³-hybridized carbons (Fsp3) is 0.292. The van der Waals surface area contributed by atoms with Crippen LogP contribution in [0.2, 0.25) is 5.02 Å². The van der Waals surface area contributed by atoms with E-state index >= 15 is 0 Å². The largest absolute Gasteiger partial charge is 0.418 e. The van der Waals surface area contributed by atoms with E-state index in [0.717, 1.165) is 17.3 Å². The van der Waals surface area contributed by atoms with Crippen molar-refractivity contribution in [3.63, 3.8) is 0 Å². The third-order valence-corrected chi connectivity index (χ3v) is 5.78. The molecule has 32 heavy (non-hydrogen) atoms. The van der Waals surface area contributed by atoms with Crippen LogP contribution in [0.1, 0.15) is 37.1 Å². The second-order valence-electron chi connectivity index (χ2n) is 7.58. The number of aromatic nitrogens is 1. The zero-order valence-corrected chi connectivity index (χ0v) is 18.6. The third-order valence-electron chi connectivity index (χ3n) is 5.41. The van der Waals surface area contributed by atoms with Crippen LogP contribution in [0.25, 0.3) is 0 Å². The van der Waals surface area contributed by atoms with Crippen LogP contribution in [0.3, 0.4) is 0 Å². The zero-order valence-electron chi connectivity index (χ0n) is 17.9. The maximum atomic E-state index is 13.3. The molecule has 0 spiro atoms. The van der Waals surface area contributed by atoms with Crippen LogP contribution in [0.5, 0.6) is 0 Å². The summed E-state index contributed by atoms with van der Waals surface area (Å²) in [6.07, 6.45) is -2.02. The van der Waals surface area contributed by atoms with Gasteiger partial charge in [0.15, 0.2) is 0 Å². The molecular weight excluding hydrogens is 439 g/mol. The van der Waals surface area contributed by atoms with Crippen molar-refractivity contribution in [1.82, 2.24) is 9.47 Å². The minimum Gasteiger partial charge on any atom is -0.345 e. The minimum absolute atomic E-state index is 0.184. The fourth-order valence-electron chi connectivity index (χ4n) is 3.41. The number of urea groups is 1. The number of anilines is 1. The lowest BCUT2D eigenvalue weighted by atomic mass is 10.1. The van der Waals surface area contributed by atoms with Crippen molar-refractivity contribution in [2.45, 2.75) is 45.6 Å². The first kappa shape index (κ1) is 23.7. The summed E-state index contributed by atoms with van der Waals surface area (Å²) in [4.78, 5) is 14.6. The Labute approximate surface area is 190 Å². The van der Waals surface area contributed by atoms with Gasteiger partial charge in [-0.1, -0.05) is 48.9 Å². The Morgan fingerprint density at radius 3 is 2.47 bits per heavy atom. The van der Waals surface area contributed by atoms with Gasteiger partial charge in [0, 0.05) is 29.5 Å². The maximum Gasteiger partial charge on any atom is 0.418 e. The first-order valence-electron chi connectivity index (χ1n) is 10.3. The van der Waals surface area contributed by atoms with Crippen LogP contribution in [0, 0.1) is 0 Å². The summed E-state index contributed by atoms with van der Waals surface area (Å²) in [7, 11) is 0. The summed E-state index contributed by atoms with van der Waals surface area (Å²) < 4.78 is 42.0. The molecule has 2 aromatic carbocycles. The van der Waals surface area contributed by atoms with E-state index in [0.29, 0.717) is 18.0 Å². The first-order valence-corrected chi connectivity index (χ1v) is 10.7. The number of carbonyl (C=O) groups excluding carboxylic acids is 1. The van der Waals surface area contributed by atoms with E-state index in [2.05, 4.69) is 5.32 Å². The number of nitrogens with one attached hydrogen (secondary N) is 1. The molecule has 2 amide bonds. The molecule has 0 radical (unpaired) electrons. The molecule has 0 aliphatic heterocycles. The average molecular weight is 464 g/mol. The topological polar surface area (TPSA) is 37.3 Å². The predicted molar refractivity (Wildman–Crippen MR) is 121 cm³/mol. The second kappa shape index (κ2) is 10.1. The number of carbonyl (C=O) groups is 1. The van der Waals surface area contributed by atoms with Gasteiger partial charge in [0.05, 0.1) is 17.8 Å². The van der Waals surface area contributed by atoms with Crippen LogP contribution in [-0.2, 0) is 19.3 Å². The van der Waals surface area contributed by atoms with Gasteiger partial charge in [-0.25, -0.2) is 4.79 Å². The lowest BCUT2D eigenvalue weighted by Crippen LogP contribution is -2.41. The number of para-hydroxylation sites is 1. The van der Waals surface area contributed by atoms with E-state index in [1.165, 1.54) is 18.2 Å². The summed E-state index contributed by atoms with van der Waals surface area (Å²) >= 11 is 6.28. The Bertz CT molecular complexity index is 1060. The fourth-order valence-corrected chi connectivity index (χ4v) is 3.60. The van der Waals surface area contributed by atoms with E-state index in [4.69, 9.17) is 11.6 Å². The highest BCUT2D eigenvalue weighted by Crippen LogP contribution is 2.34. The summed E-state index contributed by atoms with van der Waals surface area (Å²) in [6, 6.07) is 15.5. The molecule has 170 valence electrons. The molecule has 0 fully saturated rings. The van der Waals surface area contributed by atoms with Crippen LogP contribution in [0.15, 0.2) is 66.9 Å². The molecule has 8 heteroatoms. The molecule has 3 aromatic rings. The molecule has 0 bridgehead atoms. The number of hydrogen-bond donors (Lipinski definition) is 1. The summed E-state index contributed by atoms with van der Waals surface area (Å²) in [5, 5.41) is 3.11. The number of amides is 2. The smallest absolute Gasteiger partial charge is 0.345 e. The lowest BCUT2D eigenvalue weighted by molar-refractivity contribution is -0.136. The highest BCUT2D eigenvalue weighted by molar-refractivity contribution is 6.31. The standard InChI is InChI=1S/C24H25ClF3N3O/c1-3-17(2)31(23(32)29-22-13-7-5-11-20(22)24(26,27)28)16-19-10-8-14-30(19)15-18-9-4-6-12-21(18)25/h4-14,17H,3,15-16H2,1-2H3,(H,29,32). The molecule has 1 atom stereocenters. The summed E-state index contributed by atoms with van der Waals surface area (Å²) in [5.74, 6) is 0. The Morgan fingerprint density at radius 1 is 1.09 bits per heavy atom. The number of hydrogen-bond acceptors (Lipinski definition) is 1. The Balaban J connectivity index is 1.83. The molecule has 0 aliphatic carbocycles. The minimum atomic E-state index is -4.56. The van der Waals surface area contributed by atoms with Gasteiger partial charge in [-0.2, -0.15) is 13.2 Å². The molecule has 3 rings (SSSR count). The summed E-state index contributed by atoms with van der Waals surface area (Å²) in [5.41, 5.74) is 0.652. The number of rotatable bonds is 7. The summed E-state index contributed by atoms with van der Waals surface area (Å²) in [6.45, 7) is 4.56. The van der Waals surface area contributed by atoms with Crippen LogP contribution in [-0.4, -0.2) is 21.5 Å². The molecule has 1 unspecified atom stereocenters. The molecule has 1 aromatic heterocycles. The van der Waals surface area contributed by atoms with Crippen molar-refractivity contribution >= 4 is 23.3 Å². The van der Waals surface area contributed by atoms with E-state index in [9.17, 15) is 18.0 Å². The van der Waals surface area contributed by atoms with Gasteiger partial charge in [0.25, 0.3) is 0 Å². The molecule has 0 aliphatic rings. The quantitative estimate of drug-likeness (QED) is 0.401. The van der Waals surface area contributed by atoms with E-state index in [-0.39, 0.29) is 18.3 Å². The van der Waals surface area contributed by atoms with Gasteiger partial charge < -0.3 is 14.8 Å². The monoisotopic (exact) mass is 463 g/mol. The Hall–Kier alpha value is -2.93. The van der Waals surface area contributed by atoms with Crippen LogP contribution in [0.4, 0.5) is 23.7 Å². The van der Waals surface area contributed by atoms with Crippen LogP contribution < -0.4 is 5.32 Å². The Morgan fingerprint density at radius 2 is 1.78 bits per heavy atom. The van der Waals surface area contributed by atoms with E-state index < -0.39 is 17.8 Å². The van der Waals surface area contributed by atoms with Crippen LogP contribution >= 0.6 is 11.6 Å². The van der Waals surface area contributed by atoms with Gasteiger partial charge in [0.2, 0.25) is 0 Å². The van der Waals surface area contributed by atoms with Gasteiger partial charge in [-0.15, -0.1) is 0 Å². The van der Waals surface area contributed by atoms with Crippen molar-refractivity contribution in [1.29, 1.82) is 0 Å². The molecule has 1 N–H and O–H groups in total. The molecule has 0 saturated carbocycles. The van der Waals surface area contributed by atoms with Crippen molar-refractivity contribution in [2.75, 3.05) is 5.32 Å². The second-order valence-corrected chi connectivity index (χ2v) is 7.98. The highest BCUT2D eigenvalue weighted by Gasteiger charge is 2.34. The van der Waals surface area contributed by atoms with Crippen molar-refractivity contribution < 1.29 is 18.0 Å². The SMILES string of the molecule is CCC(C)N(Cc1cccn1Cc1ccccc1Cl)C(=O)Nc1ccccc1C(F)(F)F. The van der Waals surface area contributed by atoms with Gasteiger partial charge in [-0.05, 0) is 49.2 Å². The molecular formula is C24H25ClF3N3O. The number of alkyl halides is 3. The normalized spacial score (nSPS) is 12.4. The highest BCUT2D eigenvalue weighted by atomic mass is 35.5. The Kier molecular flexibility index (Phi) is 7.51. The number of nitrogens with zero attached hydrogens (tertiary/aromatic N) is 2. The third kappa shape index (κ3) is 5.65. The molecule has 4 nitrogen and oxygen atoms in total. The van der Waals surface area contributed by atoms with Crippen molar-refractivity contribution in [3.8, 4) is 0 Å². The maximum absolute atomic E-state index is 13.3. The molecule has 1 heterocycles. The molecule has 0 saturated heterocycles. The predicted octanol–water partition coefficient (Wildman–Crippen LogP) is 7.04. The first-order chi connectivity index (χ1) is 15.2. The van der Waals surface area contributed by atoms with Gasteiger partial charge >= 0.3 is 12.2 Å². The van der Waals surface area contributed by atoms with Gasteiger partial charge in [-0.3, -0.25) is 0 Å². The van der Waals surface area contributed by atoms with Crippen molar-refractivity contribution in [3.05, 3.63) is 88.7 Å². The number of benzene rings is 2. The average Bonchev–Trinajstić information content (AvgIpc) is 3.19. The zero-order chi connectivity index (χ0) is 23.3. The van der Waals surface area contributed by atoms with Crippen molar-refractivity contribution in [2.24, 2.45) is 0 Å². The lowest BCUT2D eigenvalue weighted by Gasteiger charge is -2.30. The number of halogens is 4. The van der Waals surface area contributed by atoms with Gasteiger partial charge in [0.1, 0.15) is 0 Å². The van der Waals surface area contributed by atoms with E-state index in [1.54, 1.807) is 4.90 Å². The van der Waals surface area contributed by atoms with E-state index in [1.807, 2.05) is 61.0 Å².